The molecule has 108 valence electrons. The largest absolute Gasteiger partial charge is 0.466 e. The zero-order chi connectivity index (χ0) is 15.1. The van der Waals surface area contributed by atoms with Crippen LogP contribution in [0.3, 0.4) is 0 Å². The van der Waals surface area contributed by atoms with E-state index in [4.69, 9.17) is 0 Å². The number of carbonyl (C=O) groups is 1. The summed E-state index contributed by atoms with van der Waals surface area (Å²) in [7, 11) is 1.37. The maximum Gasteiger partial charge on any atom is 0.330 e. The molecule has 0 aliphatic carbocycles. The zero-order valence-electron chi connectivity index (χ0n) is 11.9. The molecule has 0 saturated carbocycles. The third-order valence-electron chi connectivity index (χ3n) is 2.85. The molecule has 0 N–H and O–H groups in total. The molecule has 0 aliphatic rings. The van der Waals surface area contributed by atoms with Crippen molar-refractivity contribution in [2.75, 3.05) is 12.9 Å². The number of para-hydroxylation sites is 1. The first-order chi connectivity index (χ1) is 10.3. The number of benzene rings is 1. The topological polar surface area (TPSA) is 31.2 Å². The highest BCUT2D eigenvalue weighted by atomic mass is 32.2. The minimum Gasteiger partial charge on any atom is -0.466 e. The Morgan fingerprint density at radius 1 is 1.33 bits per heavy atom. The van der Waals surface area contributed by atoms with Crippen molar-refractivity contribution >= 4 is 23.8 Å². The van der Waals surface area contributed by atoms with Crippen LogP contribution in [-0.2, 0) is 9.53 Å². The lowest BCUT2D eigenvalue weighted by atomic mass is 10.3. The normalized spacial score (nSPS) is 10.7. The highest BCUT2D eigenvalue weighted by molar-refractivity contribution is 7.99. The van der Waals surface area contributed by atoms with E-state index in [1.165, 1.54) is 18.1 Å². The number of hydrogen-bond donors (Lipinski definition) is 0. The van der Waals surface area contributed by atoms with Gasteiger partial charge in [0.1, 0.15) is 0 Å². The Morgan fingerprint density at radius 3 is 2.90 bits per heavy atom. The monoisotopic (exact) mass is 299 g/mol. The molecule has 1 aromatic carbocycles. The number of aromatic nitrogens is 1. The van der Waals surface area contributed by atoms with Crippen LogP contribution in [0.15, 0.2) is 66.2 Å². The van der Waals surface area contributed by atoms with Crippen LogP contribution < -0.4 is 0 Å². The molecule has 1 heterocycles. The molecule has 0 atom stereocenters. The summed E-state index contributed by atoms with van der Waals surface area (Å²) in [6, 6.07) is 12.1. The van der Waals surface area contributed by atoms with E-state index in [0.29, 0.717) is 0 Å². The lowest BCUT2D eigenvalue weighted by Crippen LogP contribution is -1.98. The second-order valence-electron chi connectivity index (χ2n) is 4.23. The van der Waals surface area contributed by atoms with Crippen LogP contribution in [0.5, 0.6) is 0 Å². The van der Waals surface area contributed by atoms with E-state index < -0.39 is 0 Å². The van der Waals surface area contributed by atoms with E-state index in [1.54, 1.807) is 17.8 Å². The van der Waals surface area contributed by atoms with Gasteiger partial charge in [0.2, 0.25) is 0 Å². The van der Waals surface area contributed by atoms with Gasteiger partial charge in [0, 0.05) is 28.6 Å². The molecule has 4 heteroatoms. The zero-order valence-corrected chi connectivity index (χ0v) is 12.7. The predicted molar refractivity (Wildman–Crippen MR) is 87.7 cm³/mol. The summed E-state index contributed by atoms with van der Waals surface area (Å²) < 4.78 is 6.67. The smallest absolute Gasteiger partial charge is 0.330 e. The quantitative estimate of drug-likeness (QED) is 0.350. The highest BCUT2D eigenvalue weighted by Crippen LogP contribution is 2.27. The number of nitrogens with zero attached hydrogens (tertiary/aromatic N) is 1. The van der Waals surface area contributed by atoms with E-state index >= 15 is 0 Å². The van der Waals surface area contributed by atoms with Crippen molar-refractivity contribution in [3.8, 4) is 5.69 Å². The molecule has 1 aromatic heterocycles. The second-order valence-corrected chi connectivity index (χ2v) is 5.29. The van der Waals surface area contributed by atoms with Crippen LogP contribution in [0.1, 0.15) is 5.69 Å². The van der Waals surface area contributed by atoms with Crippen molar-refractivity contribution < 1.29 is 9.53 Å². The first-order valence-corrected chi connectivity index (χ1v) is 7.51. The minimum absolute atomic E-state index is 0.364. The molecule has 0 unspecified atom stereocenters. The van der Waals surface area contributed by atoms with Gasteiger partial charge < -0.3 is 9.30 Å². The summed E-state index contributed by atoms with van der Waals surface area (Å²) in [4.78, 5) is 12.4. The van der Waals surface area contributed by atoms with Gasteiger partial charge in [-0.2, -0.15) is 0 Å². The molecule has 0 aliphatic heterocycles. The van der Waals surface area contributed by atoms with Gasteiger partial charge in [-0.25, -0.2) is 4.79 Å². The van der Waals surface area contributed by atoms with Crippen LogP contribution in [0.4, 0.5) is 0 Å². The fourth-order valence-electron chi connectivity index (χ4n) is 1.90. The number of methoxy groups -OCH3 is 1. The molecular weight excluding hydrogens is 282 g/mol. The number of thioether (sulfide) groups is 1. The van der Waals surface area contributed by atoms with Crippen LogP contribution in [0, 0.1) is 0 Å². The number of esters is 1. The second kappa shape index (κ2) is 7.55. The van der Waals surface area contributed by atoms with Gasteiger partial charge in [-0.15, -0.1) is 18.3 Å². The lowest BCUT2D eigenvalue weighted by molar-refractivity contribution is -0.134. The molecule has 0 radical (unpaired) electrons. The van der Waals surface area contributed by atoms with Crippen molar-refractivity contribution in [1.29, 1.82) is 0 Å². The Kier molecular flexibility index (Phi) is 5.46. The summed E-state index contributed by atoms with van der Waals surface area (Å²) >= 11 is 1.73. The van der Waals surface area contributed by atoms with E-state index in [9.17, 15) is 4.79 Å². The summed E-state index contributed by atoms with van der Waals surface area (Å²) in [6.07, 6.45) is 7.03. The Balaban J connectivity index is 2.35. The van der Waals surface area contributed by atoms with Crippen molar-refractivity contribution in [1.82, 2.24) is 4.57 Å². The summed E-state index contributed by atoms with van der Waals surface area (Å²) in [5.74, 6) is 0.489. The molecule has 0 amide bonds. The molecule has 2 aromatic rings. The molecule has 3 nitrogen and oxygen atoms in total. The summed E-state index contributed by atoms with van der Waals surface area (Å²) in [5, 5.41) is 0. The van der Waals surface area contributed by atoms with Gasteiger partial charge in [0.15, 0.2) is 0 Å². The predicted octanol–water partition coefficient (Wildman–Crippen LogP) is 3.94. The Bertz CT molecular complexity index is 658. The van der Waals surface area contributed by atoms with Gasteiger partial charge in [-0.1, -0.05) is 18.2 Å². The molecule has 0 fully saturated rings. The Hall–Kier alpha value is -2.20. The van der Waals surface area contributed by atoms with Gasteiger partial charge in [0.25, 0.3) is 0 Å². The van der Waals surface area contributed by atoms with Crippen LogP contribution in [0.2, 0.25) is 0 Å². The molecule has 21 heavy (non-hydrogen) atoms. The van der Waals surface area contributed by atoms with Gasteiger partial charge in [-0.05, 0) is 30.3 Å². The maximum atomic E-state index is 11.2. The fraction of sp³-hybridized carbons (Fsp3) is 0.118. The van der Waals surface area contributed by atoms with E-state index in [2.05, 4.69) is 23.4 Å². The van der Waals surface area contributed by atoms with Gasteiger partial charge in [0.05, 0.1) is 12.8 Å². The van der Waals surface area contributed by atoms with Crippen LogP contribution in [-0.4, -0.2) is 23.4 Å². The van der Waals surface area contributed by atoms with Gasteiger partial charge in [-0.3, -0.25) is 0 Å². The van der Waals surface area contributed by atoms with E-state index in [1.807, 2.05) is 41.1 Å². The maximum absolute atomic E-state index is 11.2. The van der Waals surface area contributed by atoms with Crippen molar-refractivity contribution in [2.45, 2.75) is 4.90 Å². The standard InChI is InChI=1S/C17H17NO2S/c1-3-13-21-16-9-5-4-8-15(16)18-12-6-7-14(18)10-11-17(19)20-2/h3-12H,1,13H2,2H3/b11-10+. The SMILES string of the molecule is C=CCSc1ccccc1-n1cccc1/C=C/C(=O)OC. The third-order valence-corrected chi connectivity index (χ3v) is 3.91. The van der Waals surface area contributed by atoms with Crippen LogP contribution >= 0.6 is 11.8 Å². The highest BCUT2D eigenvalue weighted by Gasteiger charge is 2.06. The molecule has 2 rings (SSSR count). The summed E-state index contributed by atoms with van der Waals surface area (Å²) in [5.41, 5.74) is 2.01. The Morgan fingerprint density at radius 2 is 2.14 bits per heavy atom. The molecule has 0 bridgehead atoms. The Labute approximate surface area is 128 Å². The number of rotatable bonds is 6. The number of hydrogen-bond acceptors (Lipinski definition) is 3. The summed E-state index contributed by atoms with van der Waals surface area (Å²) in [6.45, 7) is 3.75. The van der Waals surface area contributed by atoms with Crippen molar-refractivity contribution in [3.63, 3.8) is 0 Å². The fourth-order valence-corrected chi connectivity index (χ4v) is 2.68. The molecule has 0 spiro atoms. The van der Waals surface area contributed by atoms with Crippen LogP contribution in [0.25, 0.3) is 11.8 Å². The molecule has 0 saturated heterocycles. The first-order valence-electron chi connectivity index (χ1n) is 6.52. The third kappa shape index (κ3) is 3.89. The average Bonchev–Trinajstić information content (AvgIpc) is 2.99. The average molecular weight is 299 g/mol. The molecular formula is C17H17NO2S. The first kappa shape index (κ1) is 15.2. The minimum atomic E-state index is -0.364. The lowest BCUT2D eigenvalue weighted by Gasteiger charge is -2.11. The number of ether oxygens (including phenoxy) is 1. The van der Waals surface area contributed by atoms with Gasteiger partial charge >= 0.3 is 5.97 Å². The number of carbonyl (C=O) groups excluding carboxylic acids is 1. The van der Waals surface area contributed by atoms with Crippen molar-refractivity contribution in [3.05, 3.63) is 67.0 Å². The van der Waals surface area contributed by atoms with E-state index in [0.717, 1.165) is 17.1 Å². The van der Waals surface area contributed by atoms with Crippen molar-refractivity contribution in [2.24, 2.45) is 0 Å². The van der Waals surface area contributed by atoms with E-state index in [-0.39, 0.29) is 5.97 Å².